The van der Waals surface area contributed by atoms with E-state index in [0.29, 0.717) is 11.8 Å². The van der Waals surface area contributed by atoms with Gasteiger partial charge in [0.15, 0.2) is 9.84 Å². The van der Waals surface area contributed by atoms with Crippen molar-refractivity contribution in [2.24, 2.45) is 7.05 Å². The Bertz CT molecular complexity index is 955. The van der Waals surface area contributed by atoms with E-state index in [1.54, 1.807) is 7.05 Å². The van der Waals surface area contributed by atoms with Crippen LogP contribution in [0.3, 0.4) is 0 Å². The van der Waals surface area contributed by atoms with Crippen molar-refractivity contribution in [1.29, 1.82) is 0 Å². The lowest BCUT2D eigenvalue weighted by Crippen LogP contribution is -2.42. The zero-order valence-electron chi connectivity index (χ0n) is 14.7. The van der Waals surface area contributed by atoms with Gasteiger partial charge >= 0.3 is 6.18 Å². The van der Waals surface area contributed by atoms with E-state index in [0.717, 1.165) is 12.1 Å². The van der Waals surface area contributed by atoms with E-state index in [2.05, 4.69) is 5.10 Å². The zero-order valence-corrected chi connectivity index (χ0v) is 15.5. The van der Waals surface area contributed by atoms with Gasteiger partial charge in [-0.1, -0.05) is 6.07 Å². The van der Waals surface area contributed by atoms with E-state index >= 15 is 0 Å². The van der Waals surface area contributed by atoms with E-state index in [1.807, 2.05) is 0 Å². The van der Waals surface area contributed by atoms with Crippen LogP contribution in [0.2, 0.25) is 0 Å². The number of ether oxygens (including phenoxy) is 1. The predicted octanol–water partition coefficient (Wildman–Crippen LogP) is 3.23. The molecule has 0 spiro atoms. The van der Waals surface area contributed by atoms with Gasteiger partial charge in [0.05, 0.1) is 20.9 Å². The highest BCUT2D eigenvalue weighted by molar-refractivity contribution is 7.92. The van der Waals surface area contributed by atoms with Gasteiger partial charge in [-0.2, -0.15) is 13.2 Å². The van der Waals surface area contributed by atoms with Crippen molar-refractivity contribution in [2.75, 3.05) is 6.61 Å². The number of hydrogen-bond acceptors (Lipinski definition) is 5. The van der Waals surface area contributed by atoms with Crippen molar-refractivity contribution in [3.05, 3.63) is 41.6 Å². The molecule has 0 amide bonds. The molecule has 1 fully saturated rings. The lowest BCUT2D eigenvalue weighted by atomic mass is 9.95. The lowest BCUT2D eigenvalue weighted by Gasteiger charge is -2.37. The summed E-state index contributed by atoms with van der Waals surface area (Å²) in [7, 11) is -2.47. The highest BCUT2D eigenvalue weighted by atomic mass is 32.2. The molecule has 10 heteroatoms. The molecule has 6 nitrogen and oxygen atoms in total. The molecule has 0 saturated carbocycles. The van der Waals surface area contributed by atoms with Gasteiger partial charge in [0, 0.05) is 19.7 Å². The highest BCUT2D eigenvalue weighted by Crippen LogP contribution is 2.43. The van der Waals surface area contributed by atoms with Gasteiger partial charge in [-0.3, -0.25) is 4.68 Å². The molecular weight excluding hydrogens is 385 g/mol. The molecule has 0 aliphatic carbocycles. The SMILES string of the molecule is Cn1nc(O)cc1C1CC(C)(S(=O)(=O)c2cccc(C(F)(F)F)c2)CCO1. The van der Waals surface area contributed by atoms with Crippen LogP contribution in [0.4, 0.5) is 13.2 Å². The zero-order chi connectivity index (χ0) is 20.0. The molecule has 1 aliphatic rings. The van der Waals surface area contributed by atoms with Gasteiger partial charge in [0.1, 0.15) is 6.10 Å². The molecule has 27 heavy (non-hydrogen) atoms. The molecule has 2 atom stereocenters. The summed E-state index contributed by atoms with van der Waals surface area (Å²) in [6, 6.07) is 5.16. The second kappa shape index (κ2) is 6.52. The minimum absolute atomic E-state index is 0.0323. The maximum Gasteiger partial charge on any atom is 0.416 e. The average Bonchev–Trinajstić information content (AvgIpc) is 2.92. The van der Waals surface area contributed by atoms with Gasteiger partial charge < -0.3 is 9.84 Å². The number of hydrogen-bond donors (Lipinski definition) is 1. The molecule has 0 radical (unpaired) electrons. The van der Waals surface area contributed by atoms with Gasteiger partial charge in [0.25, 0.3) is 0 Å². The first-order valence-electron chi connectivity index (χ1n) is 8.20. The fraction of sp³-hybridized carbons (Fsp3) is 0.471. The summed E-state index contributed by atoms with van der Waals surface area (Å²) >= 11 is 0. The minimum atomic E-state index is -4.63. The van der Waals surface area contributed by atoms with Crippen LogP contribution in [-0.4, -0.2) is 34.7 Å². The minimum Gasteiger partial charge on any atom is -0.492 e. The molecular formula is C17H19F3N2O4S. The summed E-state index contributed by atoms with van der Waals surface area (Å²) in [6.45, 7) is 1.62. The van der Waals surface area contributed by atoms with Crippen molar-refractivity contribution in [3.63, 3.8) is 0 Å². The molecule has 1 aromatic carbocycles. The van der Waals surface area contributed by atoms with Crippen molar-refractivity contribution in [2.45, 2.75) is 41.7 Å². The molecule has 148 valence electrons. The van der Waals surface area contributed by atoms with E-state index in [4.69, 9.17) is 4.74 Å². The second-order valence-electron chi connectivity index (χ2n) is 6.84. The van der Waals surface area contributed by atoms with E-state index in [-0.39, 0.29) is 30.2 Å². The first-order valence-corrected chi connectivity index (χ1v) is 9.69. The Balaban J connectivity index is 1.97. The Morgan fingerprint density at radius 3 is 2.63 bits per heavy atom. The Morgan fingerprint density at radius 1 is 1.33 bits per heavy atom. The Labute approximate surface area is 154 Å². The normalized spacial score (nSPS) is 24.1. The summed E-state index contributed by atoms with van der Waals surface area (Å²) in [6.07, 6.45) is -5.10. The largest absolute Gasteiger partial charge is 0.492 e. The number of aromatic nitrogens is 2. The smallest absolute Gasteiger partial charge is 0.416 e. The van der Waals surface area contributed by atoms with Crippen LogP contribution in [0, 0.1) is 0 Å². The van der Waals surface area contributed by atoms with Crippen LogP contribution in [0.25, 0.3) is 0 Å². The molecule has 2 heterocycles. The topological polar surface area (TPSA) is 81.4 Å². The number of benzene rings is 1. The third-order valence-corrected chi connectivity index (χ3v) is 7.46. The molecule has 1 aromatic heterocycles. The third kappa shape index (κ3) is 3.55. The number of halogens is 3. The molecule has 1 N–H and O–H groups in total. The molecule has 2 aromatic rings. The summed E-state index contributed by atoms with van der Waals surface area (Å²) < 4.78 is 71.0. The highest BCUT2D eigenvalue weighted by Gasteiger charge is 2.46. The monoisotopic (exact) mass is 404 g/mol. The van der Waals surface area contributed by atoms with Gasteiger partial charge in [-0.25, -0.2) is 8.42 Å². The quantitative estimate of drug-likeness (QED) is 0.850. The number of aromatic hydroxyl groups is 1. The Hall–Kier alpha value is -2.07. The van der Waals surface area contributed by atoms with E-state index < -0.39 is 32.4 Å². The number of aryl methyl sites for hydroxylation is 1. The fourth-order valence-corrected chi connectivity index (χ4v) is 5.13. The molecule has 1 aliphatic heterocycles. The van der Waals surface area contributed by atoms with Crippen LogP contribution in [0.1, 0.15) is 37.1 Å². The van der Waals surface area contributed by atoms with Crippen molar-refractivity contribution in [1.82, 2.24) is 9.78 Å². The first-order chi connectivity index (χ1) is 12.4. The number of nitrogens with zero attached hydrogens (tertiary/aromatic N) is 2. The number of alkyl halides is 3. The van der Waals surface area contributed by atoms with Crippen LogP contribution >= 0.6 is 0 Å². The van der Waals surface area contributed by atoms with Crippen LogP contribution in [0.5, 0.6) is 5.88 Å². The van der Waals surface area contributed by atoms with Crippen LogP contribution < -0.4 is 0 Å². The van der Waals surface area contributed by atoms with Gasteiger partial charge in [-0.15, -0.1) is 5.10 Å². The number of rotatable bonds is 3. The first kappa shape index (κ1) is 19.7. The van der Waals surface area contributed by atoms with Gasteiger partial charge in [-0.05, 0) is 38.0 Å². The molecule has 2 unspecified atom stereocenters. The number of sulfone groups is 1. The standard InChI is InChI=1S/C17H19F3N2O4S/c1-16(6-7-26-14(10-16)13-9-15(23)21-22(13)2)27(24,25)12-5-3-4-11(8-12)17(18,19)20/h3-5,8-9,14H,6-7,10H2,1-2H3,(H,21,23). The summed E-state index contributed by atoms with van der Waals surface area (Å²) in [5, 5.41) is 13.3. The maximum absolute atomic E-state index is 13.2. The maximum atomic E-state index is 13.2. The second-order valence-corrected chi connectivity index (χ2v) is 9.31. The van der Waals surface area contributed by atoms with Crippen LogP contribution in [0.15, 0.2) is 35.2 Å². The summed E-state index contributed by atoms with van der Waals surface area (Å²) in [5.74, 6) is -0.218. The van der Waals surface area contributed by atoms with Crippen molar-refractivity contribution < 1.29 is 31.4 Å². The summed E-state index contributed by atoms with van der Waals surface area (Å²) in [4.78, 5) is -0.367. The van der Waals surface area contributed by atoms with Gasteiger partial charge in [0.2, 0.25) is 5.88 Å². The average molecular weight is 404 g/mol. The molecule has 1 saturated heterocycles. The Kier molecular flexibility index (Phi) is 4.75. The van der Waals surface area contributed by atoms with Crippen molar-refractivity contribution >= 4 is 9.84 Å². The van der Waals surface area contributed by atoms with Crippen molar-refractivity contribution in [3.8, 4) is 5.88 Å². The van der Waals surface area contributed by atoms with E-state index in [1.165, 1.54) is 23.7 Å². The summed E-state index contributed by atoms with van der Waals surface area (Å²) in [5.41, 5.74) is -0.509. The van der Waals surface area contributed by atoms with E-state index in [9.17, 15) is 26.7 Å². The predicted molar refractivity (Wildman–Crippen MR) is 89.8 cm³/mol. The third-order valence-electron chi connectivity index (χ3n) is 4.92. The fourth-order valence-electron chi connectivity index (χ4n) is 3.30. The molecule has 0 bridgehead atoms. The molecule has 3 rings (SSSR count). The van der Waals surface area contributed by atoms with Crippen LogP contribution in [-0.2, 0) is 27.8 Å². The lowest BCUT2D eigenvalue weighted by molar-refractivity contribution is -0.137. The Morgan fingerprint density at radius 2 is 2.04 bits per heavy atom.